The van der Waals surface area contributed by atoms with Crippen LogP contribution in [0.1, 0.15) is 5.56 Å². The van der Waals surface area contributed by atoms with Crippen molar-refractivity contribution in [1.29, 1.82) is 0 Å². The minimum Gasteiger partial charge on any atom is -0.497 e. The average Bonchev–Trinajstić information content (AvgIpc) is 2.92. The van der Waals surface area contributed by atoms with Gasteiger partial charge in [0, 0.05) is 26.7 Å². The molecular formula is C16H23N5O3. The van der Waals surface area contributed by atoms with Crippen molar-refractivity contribution < 1.29 is 14.3 Å². The van der Waals surface area contributed by atoms with Crippen molar-refractivity contribution in [2.24, 2.45) is 4.99 Å². The number of nitrogens with zero attached hydrogens (tertiary/aromatic N) is 2. The maximum absolute atomic E-state index is 11.5. The largest absolute Gasteiger partial charge is 0.497 e. The molecule has 8 nitrogen and oxygen atoms in total. The second kappa shape index (κ2) is 8.76. The molecule has 24 heavy (non-hydrogen) atoms. The van der Waals surface area contributed by atoms with E-state index in [9.17, 15) is 9.59 Å². The van der Waals surface area contributed by atoms with Gasteiger partial charge in [-0.3, -0.25) is 14.7 Å². The molecule has 1 aromatic rings. The first-order chi connectivity index (χ1) is 11.6. The van der Waals surface area contributed by atoms with Crippen LogP contribution in [0.2, 0.25) is 0 Å². The normalized spacial score (nSPS) is 14.6. The van der Waals surface area contributed by atoms with Crippen LogP contribution in [-0.2, 0) is 11.2 Å². The zero-order chi connectivity index (χ0) is 17.4. The van der Waals surface area contributed by atoms with Gasteiger partial charge in [-0.2, -0.15) is 0 Å². The van der Waals surface area contributed by atoms with Gasteiger partial charge in [-0.1, -0.05) is 12.1 Å². The number of imide groups is 1. The van der Waals surface area contributed by atoms with Gasteiger partial charge in [-0.25, -0.2) is 4.79 Å². The minimum atomic E-state index is -0.343. The lowest BCUT2D eigenvalue weighted by Crippen LogP contribution is -2.43. The molecule has 0 spiro atoms. The Labute approximate surface area is 141 Å². The van der Waals surface area contributed by atoms with Crippen molar-refractivity contribution in [3.63, 3.8) is 0 Å². The minimum absolute atomic E-state index is 0.0771. The Balaban J connectivity index is 1.68. The number of methoxy groups -OCH3 is 1. The fraction of sp³-hybridized carbons (Fsp3) is 0.438. The van der Waals surface area contributed by atoms with Crippen LogP contribution in [0.4, 0.5) is 4.79 Å². The Morgan fingerprint density at radius 2 is 1.96 bits per heavy atom. The van der Waals surface area contributed by atoms with E-state index in [1.807, 2.05) is 24.3 Å². The van der Waals surface area contributed by atoms with Gasteiger partial charge in [-0.05, 0) is 24.1 Å². The van der Waals surface area contributed by atoms with Crippen LogP contribution < -0.4 is 20.7 Å². The molecule has 1 heterocycles. The lowest BCUT2D eigenvalue weighted by Gasteiger charge is -2.15. The van der Waals surface area contributed by atoms with Crippen LogP contribution in [-0.4, -0.2) is 63.1 Å². The second-order valence-electron chi connectivity index (χ2n) is 5.23. The second-order valence-corrected chi connectivity index (χ2v) is 5.23. The van der Waals surface area contributed by atoms with E-state index in [4.69, 9.17) is 4.74 Å². The quantitative estimate of drug-likeness (QED) is 0.370. The summed E-state index contributed by atoms with van der Waals surface area (Å²) in [5.74, 6) is 1.27. The number of amides is 3. The highest BCUT2D eigenvalue weighted by Crippen LogP contribution is 2.11. The molecular weight excluding hydrogens is 310 g/mol. The molecule has 0 aliphatic carbocycles. The van der Waals surface area contributed by atoms with E-state index in [0.717, 1.165) is 18.7 Å². The fourth-order valence-electron chi connectivity index (χ4n) is 2.31. The molecule has 1 aliphatic heterocycles. The highest BCUT2D eigenvalue weighted by atomic mass is 16.5. The Morgan fingerprint density at radius 3 is 2.54 bits per heavy atom. The maximum atomic E-state index is 11.5. The number of ether oxygens (including phenoxy) is 1. The first-order valence-corrected chi connectivity index (χ1v) is 7.79. The molecule has 3 N–H and O–H groups in total. The molecule has 130 valence electrons. The van der Waals surface area contributed by atoms with Gasteiger partial charge in [-0.15, -0.1) is 0 Å². The standard InChI is InChI=1S/C16H23N5O3/c1-17-15(19-9-10-21-14(22)11-20-16(21)23)18-8-7-12-3-5-13(24-2)6-4-12/h3-6H,7-11H2,1-2H3,(H,20,23)(H2,17,18,19). The summed E-state index contributed by atoms with van der Waals surface area (Å²) < 4.78 is 5.13. The van der Waals surface area contributed by atoms with Crippen molar-refractivity contribution in [1.82, 2.24) is 20.9 Å². The monoisotopic (exact) mass is 333 g/mol. The third kappa shape index (κ3) is 4.87. The molecule has 0 radical (unpaired) electrons. The number of nitrogens with one attached hydrogen (secondary N) is 3. The maximum Gasteiger partial charge on any atom is 0.324 e. The molecule has 8 heteroatoms. The van der Waals surface area contributed by atoms with Crippen molar-refractivity contribution in [2.45, 2.75) is 6.42 Å². The summed E-state index contributed by atoms with van der Waals surface area (Å²) in [6.45, 7) is 1.55. The Kier molecular flexibility index (Phi) is 6.41. The molecule has 0 bridgehead atoms. The third-order valence-electron chi connectivity index (χ3n) is 3.65. The average molecular weight is 333 g/mol. The van der Waals surface area contributed by atoms with E-state index < -0.39 is 0 Å². The molecule has 0 unspecified atom stereocenters. The molecule has 1 fully saturated rings. The number of hydrogen-bond acceptors (Lipinski definition) is 4. The van der Waals surface area contributed by atoms with Crippen molar-refractivity contribution in [3.05, 3.63) is 29.8 Å². The van der Waals surface area contributed by atoms with Crippen molar-refractivity contribution in [3.8, 4) is 5.75 Å². The number of hydrogen-bond donors (Lipinski definition) is 3. The lowest BCUT2D eigenvalue weighted by atomic mass is 10.1. The predicted octanol–water partition coefficient (Wildman–Crippen LogP) is -0.0455. The number of benzene rings is 1. The van der Waals surface area contributed by atoms with Crippen LogP contribution in [0.5, 0.6) is 5.75 Å². The summed E-state index contributed by atoms with van der Waals surface area (Å²) in [4.78, 5) is 28.2. The molecule has 1 aliphatic rings. The summed E-state index contributed by atoms with van der Waals surface area (Å²) in [6, 6.07) is 7.56. The van der Waals surface area contributed by atoms with E-state index in [2.05, 4.69) is 20.9 Å². The highest BCUT2D eigenvalue weighted by Gasteiger charge is 2.27. The Hall–Kier alpha value is -2.77. The number of urea groups is 1. The van der Waals surface area contributed by atoms with E-state index >= 15 is 0 Å². The van der Waals surface area contributed by atoms with Crippen LogP contribution in [0.3, 0.4) is 0 Å². The predicted molar refractivity (Wildman–Crippen MR) is 91.2 cm³/mol. The van der Waals surface area contributed by atoms with Gasteiger partial charge in [0.15, 0.2) is 5.96 Å². The summed E-state index contributed by atoms with van der Waals surface area (Å²) >= 11 is 0. The molecule has 1 saturated heterocycles. The summed E-state index contributed by atoms with van der Waals surface area (Å²) in [5.41, 5.74) is 1.19. The lowest BCUT2D eigenvalue weighted by molar-refractivity contribution is -0.124. The van der Waals surface area contributed by atoms with Crippen molar-refractivity contribution >= 4 is 17.9 Å². The fourth-order valence-corrected chi connectivity index (χ4v) is 2.31. The highest BCUT2D eigenvalue weighted by molar-refractivity contribution is 6.01. The first-order valence-electron chi connectivity index (χ1n) is 7.79. The number of rotatable bonds is 7. The van der Waals surface area contributed by atoms with Crippen LogP contribution in [0, 0.1) is 0 Å². The third-order valence-corrected chi connectivity index (χ3v) is 3.65. The van der Waals surface area contributed by atoms with Crippen LogP contribution in [0.15, 0.2) is 29.3 Å². The Bertz CT molecular complexity index is 584. The molecule has 0 aromatic heterocycles. The summed E-state index contributed by atoms with van der Waals surface area (Å²) in [5, 5.41) is 8.77. The zero-order valence-corrected chi connectivity index (χ0v) is 14.0. The van der Waals surface area contributed by atoms with E-state index in [1.54, 1.807) is 14.2 Å². The van der Waals surface area contributed by atoms with Gasteiger partial charge in [0.2, 0.25) is 5.91 Å². The molecule has 0 saturated carbocycles. The van der Waals surface area contributed by atoms with Gasteiger partial charge < -0.3 is 20.7 Å². The number of guanidine groups is 1. The van der Waals surface area contributed by atoms with Crippen molar-refractivity contribution in [2.75, 3.05) is 40.3 Å². The molecule has 1 aromatic carbocycles. The Morgan fingerprint density at radius 1 is 1.25 bits per heavy atom. The number of aliphatic imine (C=N–C) groups is 1. The summed E-state index contributed by atoms with van der Waals surface area (Å²) in [7, 11) is 3.32. The smallest absolute Gasteiger partial charge is 0.324 e. The van der Waals surface area contributed by atoms with Gasteiger partial charge in [0.1, 0.15) is 5.75 Å². The van der Waals surface area contributed by atoms with E-state index in [0.29, 0.717) is 19.0 Å². The topological polar surface area (TPSA) is 95.1 Å². The van der Waals surface area contributed by atoms with Gasteiger partial charge >= 0.3 is 6.03 Å². The van der Waals surface area contributed by atoms with Gasteiger partial charge in [0.05, 0.1) is 13.7 Å². The number of carbonyl (C=O) groups excluding carboxylic acids is 2. The molecule has 0 atom stereocenters. The van der Waals surface area contributed by atoms with E-state index in [1.165, 1.54) is 10.5 Å². The first kappa shape index (κ1) is 17.6. The van der Waals surface area contributed by atoms with Crippen LogP contribution in [0.25, 0.3) is 0 Å². The van der Waals surface area contributed by atoms with Crippen LogP contribution >= 0.6 is 0 Å². The molecule has 3 amide bonds. The SMILES string of the molecule is CN=C(NCCc1ccc(OC)cc1)NCCN1C(=O)CNC1=O. The summed E-state index contributed by atoms with van der Waals surface area (Å²) in [6.07, 6.45) is 0.845. The number of carbonyl (C=O) groups is 2. The van der Waals surface area contributed by atoms with Gasteiger partial charge in [0.25, 0.3) is 0 Å². The van der Waals surface area contributed by atoms with E-state index in [-0.39, 0.29) is 18.5 Å². The molecule has 2 rings (SSSR count). The zero-order valence-electron chi connectivity index (χ0n) is 14.0.